The molecule has 138 valence electrons. The zero-order valence-electron chi connectivity index (χ0n) is 15.4. The third-order valence-corrected chi connectivity index (χ3v) is 3.50. The molecule has 4 amide bonds. The number of hydrogen-bond acceptors (Lipinski definition) is 4. The summed E-state index contributed by atoms with van der Waals surface area (Å²) >= 11 is 0. The van der Waals surface area contributed by atoms with Crippen molar-refractivity contribution < 1.29 is 14.4 Å². The van der Waals surface area contributed by atoms with E-state index in [9.17, 15) is 14.4 Å². The molecule has 1 aromatic rings. The van der Waals surface area contributed by atoms with Gasteiger partial charge in [-0.1, -0.05) is 26.0 Å². The van der Waals surface area contributed by atoms with E-state index in [1.54, 1.807) is 11.8 Å². The van der Waals surface area contributed by atoms with Crippen LogP contribution in [-0.4, -0.2) is 42.4 Å². The Kier molecular flexibility index (Phi) is 8.46. The van der Waals surface area contributed by atoms with E-state index >= 15 is 0 Å². The van der Waals surface area contributed by atoms with Crippen LogP contribution in [0, 0.1) is 5.92 Å². The molecule has 0 aromatic heterocycles. The van der Waals surface area contributed by atoms with Crippen LogP contribution in [0.4, 0.5) is 10.5 Å². The van der Waals surface area contributed by atoms with Gasteiger partial charge in [-0.25, -0.2) is 4.79 Å². The smallest absolute Gasteiger partial charge is 0.321 e. The number of nitrogens with zero attached hydrogens (tertiary/aromatic N) is 1. The molecule has 25 heavy (non-hydrogen) atoms. The lowest BCUT2D eigenvalue weighted by atomic mass is 10.2. The zero-order chi connectivity index (χ0) is 18.8. The fourth-order valence-corrected chi connectivity index (χ4v) is 2.14. The van der Waals surface area contributed by atoms with Gasteiger partial charge in [0.1, 0.15) is 0 Å². The first-order valence-electron chi connectivity index (χ1n) is 8.47. The summed E-state index contributed by atoms with van der Waals surface area (Å²) in [6.07, 6.45) is 0. The van der Waals surface area contributed by atoms with E-state index in [1.807, 2.05) is 45.0 Å². The van der Waals surface area contributed by atoms with Crippen molar-refractivity contribution >= 4 is 23.5 Å². The van der Waals surface area contributed by atoms with Gasteiger partial charge in [-0.15, -0.1) is 0 Å². The second kappa shape index (κ2) is 10.3. The molecule has 0 atom stereocenters. The first kappa shape index (κ1) is 20.5. The van der Waals surface area contributed by atoms with Gasteiger partial charge >= 0.3 is 6.03 Å². The zero-order valence-corrected chi connectivity index (χ0v) is 15.4. The summed E-state index contributed by atoms with van der Waals surface area (Å²) < 4.78 is 0. The van der Waals surface area contributed by atoms with E-state index in [0.29, 0.717) is 25.6 Å². The molecule has 0 heterocycles. The maximum absolute atomic E-state index is 11.8. The Morgan fingerprint density at radius 2 is 1.92 bits per heavy atom. The molecular weight excluding hydrogens is 320 g/mol. The number of carbonyl (C=O) groups excluding carboxylic acids is 3. The Bertz CT molecular complexity index is 602. The highest BCUT2D eigenvalue weighted by molar-refractivity contribution is 5.96. The third-order valence-electron chi connectivity index (χ3n) is 3.50. The van der Waals surface area contributed by atoms with E-state index in [-0.39, 0.29) is 12.5 Å². The number of amides is 4. The van der Waals surface area contributed by atoms with Crippen molar-refractivity contribution in [2.45, 2.75) is 34.2 Å². The highest BCUT2D eigenvalue weighted by atomic mass is 16.2. The van der Waals surface area contributed by atoms with E-state index in [2.05, 4.69) is 16.0 Å². The van der Waals surface area contributed by atoms with Crippen molar-refractivity contribution in [2.24, 2.45) is 5.92 Å². The van der Waals surface area contributed by atoms with Gasteiger partial charge in [0.05, 0.1) is 6.54 Å². The van der Waals surface area contributed by atoms with Crippen molar-refractivity contribution in [3.8, 4) is 0 Å². The van der Waals surface area contributed by atoms with Crippen molar-refractivity contribution in [3.05, 3.63) is 29.8 Å². The number of nitrogens with one attached hydrogen (secondary N) is 3. The predicted molar refractivity (Wildman–Crippen MR) is 98.1 cm³/mol. The minimum absolute atomic E-state index is 0.0112. The molecule has 0 saturated carbocycles. The summed E-state index contributed by atoms with van der Waals surface area (Å²) in [7, 11) is 0. The molecule has 0 bridgehead atoms. The second-order valence-electron chi connectivity index (χ2n) is 6.24. The van der Waals surface area contributed by atoms with Crippen LogP contribution in [0.15, 0.2) is 24.3 Å². The number of hydrogen-bond donors (Lipinski definition) is 3. The van der Waals surface area contributed by atoms with Crippen LogP contribution >= 0.6 is 0 Å². The lowest BCUT2D eigenvalue weighted by Crippen LogP contribution is -2.43. The van der Waals surface area contributed by atoms with Crippen LogP contribution in [0.5, 0.6) is 0 Å². The predicted octanol–water partition coefficient (Wildman–Crippen LogP) is 1.95. The molecule has 7 nitrogen and oxygen atoms in total. The monoisotopic (exact) mass is 348 g/mol. The van der Waals surface area contributed by atoms with Crippen molar-refractivity contribution in [2.75, 3.05) is 25.0 Å². The average Bonchev–Trinajstić information content (AvgIpc) is 2.56. The molecule has 0 aliphatic rings. The standard InChI is InChI=1S/C18H28N4O3/c1-5-22(14(4)23)12-15-7-6-8-16(9-15)19-11-17(24)21-18(25)20-10-13(2)3/h6-9,13,19H,5,10-12H2,1-4H3,(H2,20,21,24,25). The van der Waals surface area contributed by atoms with Crippen molar-refractivity contribution in [3.63, 3.8) is 0 Å². The molecule has 1 aromatic carbocycles. The Morgan fingerprint density at radius 3 is 2.52 bits per heavy atom. The molecule has 1 rings (SSSR count). The topological polar surface area (TPSA) is 90.5 Å². The van der Waals surface area contributed by atoms with Gasteiger partial charge in [0.15, 0.2) is 0 Å². The first-order valence-corrected chi connectivity index (χ1v) is 8.47. The molecule has 0 radical (unpaired) electrons. The van der Waals surface area contributed by atoms with E-state index in [4.69, 9.17) is 0 Å². The van der Waals surface area contributed by atoms with Crippen LogP contribution in [0.1, 0.15) is 33.3 Å². The Morgan fingerprint density at radius 1 is 1.20 bits per heavy atom. The Balaban J connectivity index is 2.49. The van der Waals surface area contributed by atoms with Crippen LogP contribution in [-0.2, 0) is 16.1 Å². The minimum atomic E-state index is -0.491. The molecule has 0 spiro atoms. The van der Waals surface area contributed by atoms with Gasteiger partial charge in [0, 0.05) is 32.2 Å². The van der Waals surface area contributed by atoms with Crippen molar-refractivity contribution in [1.29, 1.82) is 0 Å². The summed E-state index contributed by atoms with van der Waals surface area (Å²) in [5, 5.41) is 7.87. The Labute approximate surface area is 149 Å². The first-order chi connectivity index (χ1) is 11.8. The molecule has 0 unspecified atom stereocenters. The van der Waals surface area contributed by atoms with Gasteiger partial charge in [0.2, 0.25) is 11.8 Å². The largest absolute Gasteiger partial charge is 0.376 e. The number of benzene rings is 1. The van der Waals surface area contributed by atoms with E-state index in [0.717, 1.165) is 11.3 Å². The summed E-state index contributed by atoms with van der Waals surface area (Å²) in [5.74, 6) is -0.0716. The number of anilines is 1. The SMILES string of the molecule is CCN(Cc1cccc(NCC(=O)NC(=O)NCC(C)C)c1)C(C)=O. The van der Waals surface area contributed by atoms with E-state index in [1.165, 1.54) is 0 Å². The lowest BCUT2D eigenvalue weighted by molar-refractivity contribution is -0.129. The summed E-state index contributed by atoms with van der Waals surface area (Å²) in [6, 6.07) is 7.02. The molecule has 0 aliphatic heterocycles. The summed E-state index contributed by atoms with van der Waals surface area (Å²) in [5.41, 5.74) is 1.73. The quantitative estimate of drug-likeness (QED) is 0.670. The minimum Gasteiger partial charge on any atom is -0.376 e. The van der Waals surface area contributed by atoms with Crippen LogP contribution in [0.2, 0.25) is 0 Å². The molecule has 0 saturated heterocycles. The average molecular weight is 348 g/mol. The fraction of sp³-hybridized carbons (Fsp3) is 0.500. The molecule has 0 aliphatic carbocycles. The van der Waals surface area contributed by atoms with Gasteiger partial charge in [-0.05, 0) is 30.5 Å². The van der Waals surface area contributed by atoms with Gasteiger partial charge in [-0.2, -0.15) is 0 Å². The van der Waals surface area contributed by atoms with Gasteiger partial charge < -0.3 is 15.5 Å². The molecule has 3 N–H and O–H groups in total. The lowest BCUT2D eigenvalue weighted by Gasteiger charge is -2.19. The molecular formula is C18H28N4O3. The number of carbonyl (C=O) groups is 3. The summed E-state index contributed by atoms with van der Waals surface area (Å²) in [6.45, 7) is 9.08. The normalized spacial score (nSPS) is 10.3. The number of imide groups is 1. The number of rotatable bonds is 8. The third kappa shape index (κ3) is 8.19. The van der Waals surface area contributed by atoms with Gasteiger partial charge in [0.25, 0.3) is 0 Å². The Hall–Kier alpha value is -2.57. The van der Waals surface area contributed by atoms with E-state index < -0.39 is 11.9 Å². The molecule has 0 fully saturated rings. The highest BCUT2D eigenvalue weighted by Crippen LogP contribution is 2.12. The fourth-order valence-electron chi connectivity index (χ4n) is 2.14. The summed E-state index contributed by atoms with van der Waals surface area (Å²) in [4.78, 5) is 36.5. The van der Waals surface area contributed by atoms with Crippen LogP contribution < -0.4 is 16.0 Å². The van der Waals surface area contributed by atoms with Gasteiger partial charge in [-0.3, -0.25) is 14.9 Å². The maximum atomic E-state index is 11.8. The maximum Gasteiger partial charge on any atom is 0.321 e. The number of urea groups is 1. The molecule has 7 heteroatoms. The van der Waals surface area contributed by atoms with Crippen LogP contribution in [0.25, 0.3) is 0 Å². The van der Waals surface area contributed by atoms with Crippen molar-refractivity contribution in [1.82, 2.24) is 15.5 Å². The highest BCUT2D eigenvalue weighted by Gasteiger charge is 2.09. The van der Waals surface area contributed by atoms with Crippen LogP contribution in [0.3, 0.4) is 0 Å². The second-order valence-corrected chi connectivity index (χ2v) is 6.24.